The van der Waals surface area contributed by atoms with Crippen LogP contribution in [-0.4, -0.2) is 44.2 Å². The lowest BCUT2D eigenvalue weighted by Crippen LogP contribution is -2.53. The fourth-order valence-electron chi connectivity index (χ4n) is 2.75. The van der Waals surface area contributed by atoms with Gasteiger partial charge in [-0.3, -0.25) is 4.90 Å². The topological polar surface area (TPSA) is 24.5 Å². The van der Waals surface area contributed by atoms with E-state index in [9.17, 15) is 0 Å². The molecule has 19 heavy (non-hydrogen) atoms. The Bertz CT molecular complexity index is 338. The predicted molar refractivity (Wildman–Crippen MR) is 79.8 cm³/mol. The number of methoxy groups -OCH3 is 1. The van der Waals surface area contributed by atoms with E-state index in [1.54, 1.807) is 7.11 Å². The second-order valence-corrected chi connectivity index (χ2v) is 5.41. The molecule has 0 saturated carbocycles. The number of hydrogen-bond donors (Lipinski definition) is 1. The monoisotopic (exact) mass is 262 g/mol. The Hall–Kier alpha value is -1.06. The largest absolute Gasteiger partial charge is 0.497 e. The average Bonchev–Trinajstić information content (AvgIpc) is 2.49. The molecule has 2 saturated heterocycles. The minimum Gasteiger partial charge on any atom is -0.497 e. The number of aryl methyl sites for hydroxylation is 1. The predicted octanol–water partition coefficient (Wildman–Crippen LogP) is 2.45. The third-order valence-electron chi connectivity index (χ3n) is 3.96. The molecular weight excluding hydrogens is 236 g/mol. The number of nitrogens with zero attached hydrogens (tertiary/aromatic N) is 1. The van der Waals surface area contributed by atoms with Gasteiger partial charge in [-0.2, -0.15) is 0 Å². The molecule has 0 aliphatic carbocycles. The van der Waals surface area contributed by atoms with E-state index in [0.29, 0.717) is 0 Å². The molecule has 1 unspecified atom stereocenters. The molecule has 1 aromatic rings. The number of piperidine rings is 1. The van der Waals surface area contributed by atoms with Crippen molar-refractivity contribution < 1.29 is 4.74 Å². The number of fused-ring (bicyclic) bond motifs is 1. The molecule has 2 aliphatic rings. The summed E-state index contributed by atoms with van der Waals surface area (Å²) in [5.74, 6) is 0.917. The van der Waals surface area contributed by atoms with Gasteiger partial charge in [-0.1, -0.05) is 24.1 Å². The van der Waals surface area contributed by atoms with Gasteiger partial charge in [0.2, 0.25) is 0 Å². The van der Waals surface area contributed by atoms with Crippen LogP contribution in [0.15, 0.2) is 24.3 Å². The average molecular weight is 262 g/mol. The van der Waals surface area contributed by atoms with Crippen molar-refractivity contribution in [3.8, 4) is 5.75 Å². The first kappa shape index (κ1) is 14.4. The number of benzene rings is 1. The van der Waals surface area contributed by atoms with Crippen LogP contribution in [0.5, 0.6) is 5.75 Å². The van der Waals surface area contributed by atoms with E-state index in [1.807, 2.05) is 24.3 Å². The van der Waals surface area contributed by atoms with Gasteiger partial charge in [-0.05, 0) is 38.4 Å². The smallest absolute Gasteiger partial charge is 0.118 e. The van der Waals surface area contributed by atoms with Crippen molar-refractivity contribution in [1.82, 2.24) is 10.2 Å². The van der Waals surface area contributed by atoms with Crippen molar-refractivity contribution >= 4 is 0 Å². The number of rotatable bonds is 1. The summed E-state index contributed by atoms with van der Waals surface area (Å²) in [5, 5.41) is 3.44. The maximum Gasteiger partial charge on any atom is 0.118 e. The second-order valence-electron chi connectivity index (χ2n) is 5.41. The van der Waals surface area contributed by atoms with Gasteiger partial charge < -0.3 is 10.1 Å². The molecule has 0 bridgehead atoms. The molecule has 0 spiro atoms. The molecular formula is C16H26N2O. The van der Waals surface area contributed by atoms with Crippen LogP contribution in [0.2, 0.25) is 0 Å². The van der Waals surface area contributed by atoms with Gasteiger partial charge in [-0.15, -0.1) is 0 Å². The first-order valence-corrected chi connectivity index (χ1v) is 7.35. The highest BCUT2D eigenvalue weighted by atomic mass is 16.5. The fourth-order valence-corrected chi connectivity index (χ4v) is 2.75. The molecule has 0 radical (unpaired) electrons. The lowest BCUT2D eigenvalue weighted by Gasteiger charge is -2.39. The third kappa shape index (κ3) is 4.51. The molecule has 3 nitrogen and oxygen atoms in total. The lowest BCUT2D eigenvalue weighted by molar-refractivity contribution is 0.121. The molecule has 2 heterocycles. The van der Waals surface area contributed by atoms with Crippen LogP contribution in [0, 0.1) is 6.92 Å². The summed E-state index contributed by atoms with van der Waals surface area (Å²) >= 11 is 0. The Morgan fingerprint density at radius 3 is 2.63 bits per heavy atom. The fraction of sp³-hybridized carbons (Fsp3) is 0.625. The van der Waals surface area contributed by atoms with Crippen LogP contribution in [0.25, 0.3) is 0 Å². The highest BCUT2D eigenvalue weighted by Gasteiger charge is 2.23. The molecule has 1 atom stereocenters. The van der Waals surface area contributed by atoms with Crippen LogP contribution in [0.4, 0.5) is 0 Å². The Morgan fingerprint density at radius 1 is 1.16 bits per heavy atom. The maximum atomic E-state index is 4.97. The summed E-state index contributed by atoms with van der Waals surface area (Å²) in [4.78, 5) is 2.64. The SMILES string of the molecule is C1CCN2CCNCC2C1.COc1ccc(C)cc1. The zero-order chi connectivity index (χ0) is 13.5. The van der Waals surface area contributed by atoms with Crippen molar-refractivity contribution in [2.75, 3.05) is 33.3 Å². The molecule has 0 aromatic heterocycles. The zero-order valence-electron chi connectivity index (χ0n) is 12.2. The standard InChI is InChI=1S/C8H16N2.C8H10O/c1-2-5-10-6-4-9-7-8(10)3-1;1-7-3-5-8(9-2)6-4-7/h8-9H,1-7H2;3-6H,1-2H3. The first-order valence-electron chi connectivity index (χ1n) is 7.35. The number of ether oxygens (including phenoxy) is 1. The number of nitrogens with one attached hydrogen (secondary N) is 1. The summed E-state index contributed by atoms with van der Waals surface area (Å²) < 4.78 is 4.97. The minimum atomic E-state index is 0.877. The molecule has 2 aliphatic heterocycles. The number of hydrogen-bond acceptors (Lipinski definition) is 3. The molecule has 1 N–H and O–H groups in total. The van der Waals surface area contributed by atoms with Gasteiger partial charge in [0.1, 0.15) is 5.75 Å². The highest BCUT2D eigenvalue weighted by Crippen LogP contribution is 2.17. The van der Waals surface area contributed by atoms with Crippen LogP contribution in [0.3, 0.4) is 0 Å². The van der Waals surface area contributed by atoms with E-state index in [1.165, 1.54) is 51.0 Å². The van der Waals surface area contributed by atoms with Crippen LogP contribution in [0.1, 0.15) is 24.8 Å². The molecule has 1 aromatic carbocycles. The van der Waals surface area contributed by atoms with Gasteiger partial charge in [0.05, 0.1) is 7.11 Å². The molecule has 2 fully saturated rings. The van der Waals surface area contributed by atoms with Crippen molar-refractivity contribution in [1.29, 1.82) is 0 Å². The zero-order valence-corrected chi connectivity index (χ0v) is 12.2. The molecule has 0 amide bonds. The lowest BCUT2D eigenvalue weighted by atomic mass is 10.0. The van der Waals surface area contributed by atoms with Crippen molar-refractivity contribution in [3.63, 3.8) is 0 Å². The van der Waals surface area contributed by atoms with Gasteiger partial charge in [0.25, 0.3) is 0 Å². The van der Waals surface area contributed by atoms with Crippen LogP contribution < -0.4 is 10.1 Å². The van der Waals surface area contributed by atoms with E-state index in [4.69, 9.17) is 4.74 Å². The maximum absolute atomic E-state index is 4.97. The van der Waals surface area contributed by atoms with Crippen molar-refractivity contribution in [2.45, 2.75) is 32.2 Å². The van der Waals surface area contributed by atoms with Crippen molar-refractivity contribution in [3.05, 3.63) is 29.8 Å². The van der Waals surface area contributed by atoms with E-state index < -0.39 is 0 Å². The van der Waals surface area contributed by atoms with Gasteiger partial charge >= 0.3 is 0 Å². The molecule has 3 heteroatoms. The van der Waals surface area contributed by atoms with E-state index >= 15 is 0 Å². The van der Waals surface area contributed by atoms with Crippen LogP contribution in [-0.2, 0) is 0 Å². The number of piperazine rings is 1. The normalized spacial score (nSPS) is 22.9. The van der Waals surface area contributed by atoms with Gasteiger partial charge in [0, 0.05) is 25.7 Å². The van der Waals surface area contributed by atoms with E-state index in [2.05, 4.69) is 17.1 Å². The summed E-state index contributed by atoms with van der Waals surface area (Å²) in [6.45, 7) is 7.13. The van der Waals surface area contributed by atoms with Gasteiger partial charge in [-0.25, -0.2) is 0 Å². The summed E-state index contributed by atoms with van der Waals surface area (Å²) in [5.41, 5.74) is 1.26. The third-order valence-corrected chi connectivity index (χ3v) is 3.96. The molecule has 3 rings (SSSR count). The summed E-state index contributed by atoms with van der Waals surface area (Å²) in [6.07, 6.45) is 4.30. The highest BCUT2D eigenvalue weighted by molar-refractivity contribution is 5.25. The Labute approximate surface area is 116 Å². The van der Waals surface area contributed by atoms with E-state index in [0.717, 1.165) is 11.8 Å². The molecule has 106 valence electrons. The quantitative estimate of drug-likeness (QED) is 0.841. The first-order chi connectivity index (χ1) is 9.29. The minimum absolute atomic E-state index is 0.877. The summed E-state index contributed by atoms with van der Waals surface area (Å²) in [7, 11) is 1.67. The Morgan fingerprint density at radius 2 is 1.95 bits per heavy atom. The van der Waals surface area contributed by atoms with Crippen LogP contribution >= 0.6 is 0 Å². The Kier molecular flexibility index (Phi) is 5.67. The van der Waals surface area contributed by atoms with E-state index in [-0.39, 0.29) is 0 Å². The van der Waals surface area contributed by atoms with Gasteiger partial charge in [0.15, 0.2) is 0 Å². The van der Waals surface area contributed by atoms with Crippen molar-refractivity contribution in [2.24, 2.45) is 0 Å². The second kappa shape index (κ2) is 7.51. The Balaban J connectivity index is 0.000000141. The summed E-state index contributed by atoms with van der Waals surface area (Å²) in [6, 6.07) is 8.84.